The number of benzene rings is 2. The van der Waals surface area contributed by atoms with Crippen LogP contribution >= 0.6 is 23.2 Å². The van der Waals surface area contributed by atoms with Crippen LogP contribution in [0.5, 0.6) is 0 Å². The van der Waals surface area contributed by atoms with Gasteiger partial charge in [0, 0.05) is 23.1 Å². The van der Waals surface area contributed by atoms with Gasteiger partial charge in [0.1, 0.15) is 5.60 Å². The Hall–Kier alpha value is -2.34. The SMILES string of the molecule is O=C(NCCc1ccc(Cl)cc1)[C@H]1[C@H]2C=C[C@@]3(CN(Cc4ccccc4Cl)C(=O)[C@@H]13)O2. The van der Waals surface area contributed by atoms with Crippen LogP contribution in [0, 0.1) is 11.8 Å². The molecule has 2 bridgehead atoms. The Morgan fingerprint density at radius 1 is 1.16 bits per heavy atom. The largest absolute Gasteiger partial charge is 0.360 e. The molecule has 3 aliphatic heterocycles. The van der Waals surface area contributed by atoms with Gasteiger partial charge >= 0.3 is 0 Å². The fourth-order valence-electron chi connectivity index (χ4n) is 4.94. The molecule has 3 aliphatic rings. The van der Waals surface area contributed by atoms with Crippen molar-refractivity contribution in [3.8, 4) is 0 Å². The van der Waals surface area contributed by atoms with Crippen LogP contribution in [0.3, 0.4) is 0 Å². The molecule has 2 aromatic carbocycles. The van der Waals surface area contributed by atoms with Gasteiger partial charge in [-0.1, -0.05) is 65.7 Å². The van der Waals surface area contributed by atoms with Gasteiger partial charge in [-0.3, -0.25) is 9.59 Å². The van der Waals surface area contributed by atoms with Crippen molar-refractivity contribution in [2.75, 3.05) is 13.1 Å². The summed E-state index contributed by atoms with van der Waals surface area (Å²) in [6.07, 6.45) is 4.22. The summed E-state index contributed by atoms with van der Waals surface area (Å²) in [5, 5.41) is 4.31. The highest BCUT2D eigenvalue weighted by atomic mass is 35.5. The smallest absolute Gasteiger partial charge is 0.230 e. The van der Waals surface area contributed by atoms with Crippen molar-refractivity contribution >= 4 is 35.0 Å². The summed E-state index contributed by atoms with van der Waals surface area (Å²) in [7, 11) is 0. The van der Waals surface area contributed by atoms with E-state index in [2.05, 4.69) is 5.32 Å². The molecule has 5 rings (SSSR count). The first kappa shape index (κ1) is 20.6. The van der Waals surface area contributed by atoms with Crippen molar-refractivity contribution in [2.45, 2.75) is 24.7 Å². The number of halogens is 2. The summed E-state index contributed by atoms with van der Waals surface area (Å²) >= 11 is 12.2. The van der Waals surface area contributed by atoms with Gasteiger partial charge in [0.2, 0.25) is 11.8 Å². The lowest BCUT2D eigenvalue weighted by molar-refractivity contribution is -0.137. The molecular weight excluding hydrogens is 435 g/mol. The molecule has 0 aromatic heterocycles. The van der Waals surface area contributed by atoms with E-state index in [9.17, 15) is 9.59 Å². The summed E-state index contributed by atoms with van der Waals surface area (Å²) in [6.45, 7) is 1.33. The number of nitrogens with zero attached hydrogens (tertiary/aromatic N) is 1. The second-order valence-corrected chi connectivity index (χ2v) is 9.20. The molecule has 5 nitrogen and oxygen atoms in total. The fourth-order valence-corrected chi connectivity index (χ4v) is 5.26. The lowest BCUT2D eigenvalue weighted by Crippen LogP contribution is -2.44. The standard InChI is InChI=1S/C24H22Cl2N2O3/c25-17-7-5-15(6-8-17)10-12-27-22(29)20-19-9-11-24(31-19)14-28(23(30)21(20)24)13-16-3-1-2-4-18(16)26/h1-9,11,19-21H,10,12-14H2,(H,27,29)/t19-,20+,21-,24+/m1/s1. The molecule has 2 saturated heterocycles. The van der Waals surface area contributed by atoms with Crippen LogP contribution in [0.2, 0.25) is 10.0 Å². The summed E-state index contributed by atoms with van der Waals surface area (Å²) in [5.41, 5.74) is 1.26. The lowest BCUT2D eigenvalue weighted by Gasteiger charge is -2.23. The number of nitrogens with one attached hydrogen (secondary N) is 1. The molecule has 1 N–H and O–H groups in total. The first-order valence-corrected chi connectivity index (χ1v) is 11.1. The van der Waals surface area contributed by atoms with Crippen LogP contribution in [0.1, 0.15) is 11.1 Å². The van der Waals surface area contributed by atoms with Crippen molar-refractivity contribution in [3.63, 3.8) is 0 Å². The van der Waals surface area contributed by atoms with Crippen molar-refractivity contribution < 1.29 is 14.3 Å². The number of ether oxygens (including phenoxy) is 1. The molecule has 4 atom stereocenters. The van der Waals surface area contributed by atoms with Crippen molar-refractivity contribution in [2.24, 2.45) is 11.8 Å². The zero-order valence-electron chi connectivity index (χ0n) is 16.8. The Bertz CT molecular complexity index is 1060. The number of rotatable bonds is 6. The molecular formula is C24H22Cl2N2O3. The van der Waals surface area contributed by atoms with Crippen molar-refractivity contribution in [1.29, 1.82) is 0 Å². The molecule has 0 unspecified atom stereocenters. The van der Waals surface area contributed by atoms with Gasteiger partial charge in [-0.2, -0.15) is 0 Å². The second kappa shape index (κ2) is 7.97. The van der Waals surface area contributed by atoms with Gasteiger partial charge in [-0.25, -0.2) is 0 Å². The van der Waals surface area contributed by atoms with Gasteiger partial charge in [-0.15, -0.1) is 0 Å². The minimum atomic E-state index is -0.721. The highest BCUT2D eigenvalue weighted by Crippen LogP contribution is 2.52. The molecule has 7 heteroatoms. The number of amides is 2. The highest BCUT2D eigenvalue weighted by molar-refractivity contribution is 6.31. The van der Waals surface area contributed by atoms with Crippen LogP contribution in [-0.2, 0) is 27.3 Å². The number of carbonyl (C=O) groups is 2. The van der Waals surface area contributed by atoms with E-state index in [1.807, 2.05) is 60.7 Å². The lowest BCUT2D eigenvalue weighted by atomic mass is 9.77. The summed E-state index contributed by atoms with van der Waals surface area (Å²) < 4.78 is 6.18. The summed E-state index contributed by atoms with van der Waals surface area (Å²) in [6, 6.07) is 15.1. The fraction of sp³-hybridized carbons (Fsp3) is 0.333. The summed E-state index contributed by atoms with van der Waals surface area (Å²) in [4.78, 5) is 28.1. The van der Waals surface area contributed by atoms with E-state index in [4.69, 9.17) is 27.9 Å². The monoisotopic (exact) mass is 456 g/mol. The number of carbonyl (C=O) groups excluding carboxylic acids is 2. The van der Waals surface area contributed by atoms with Crippen molar-refractivity contribution in [1.82, 2.24) is 10.2 Å². The van der Waals surface area contributed by atoms with Gasteiger partial charge in [0.25, 0.3) is 0 Å². The Morgan fingerprint density at radius 3 is 2.71 bits per heavy atom. The maximum absolute atomic E-state index is 13.3. The van der Waals surface area contributed by atoms with Crippen molar-refractivity contribution in [3.05, 3.63) is 81.9 Å². The molecule has 160 valence electrons. The quantitative estimate of drug-likeness (QED) is 0.675. The highest BCUT2D eigenvalue weighted by Gasteiger charge is 2.66. The average molecular weight is 457 g/mol. The normalized spacial score (nSPS) is 28.3. The van der Waals surface area contributed by atoms with E-state index >= 15 is 0 Å². The number of hydrogen-bond acceptors (Lipinski definition) is 3. The van der Waals surface area contributed by atoms with Crippen LogP contribution in [0.25, 0.3) is 0 Å². The third kappa shape index (κ3) is 3.65. The Kier molecular flexibility index (Phi) is 5.29. The molecule has 3 heterocycles. The van der Waals surface area contributed by atoms with Crippen LogP contribution in [0.15, 0.2) is 60.7 Å². The second-order valence-electron chi connectivity index (χ2n) is 8.35. The third-order valence-electron chi connectivity index (χ3n) is 6.43. The number of likely N-dealkylation sites (tertiary alicyclic amines) is 1. The van der Waals surface area contributed by atoms with E-state index in [1.165, 1.54) is 0 Å². The van der Waals surface area contributed by atoms with Crippen LogP contribution in [-0.4, -0.2) is 41.5 Å². The molecule has 2 amide bonds. The minimum Gasteiger partial charge on any atom is -0.360 e. The topological polar surface area (TPSA) is 58.6 Å². The van der Waals surface area contributed by atoms with E-state index in [1.54, 1.807) is 4.90 Å². The zero-order chi connectivity index (χ0) is 21.6. The van der Waals surface area contributed by atoms with Crippen LogP contribution in [0.4, 0.5) is 0 Å². The predicted octanol–water partition coefficient (Wildman–Crippen LogP) is 3.63. The first-order valence-electron chi connectivity index (χ1n) is 10.4. The molecule has 0 aliphatic carbocycles. The molecule has 1 spiro atoms. The average Bonchev–Trinajstić information content (AvgIpc) is 3.39. The third-order valence-corrected chi connectivity index (χ3v) is 7.05. The Labute approximate surface area is 191 Å². The maximum atomic E-state index is 13.3. The van der Waals surface area contributed by atoms with E-state index in [0.717, 1.165) is 11.1 Å². The zero-order valence-corrected chi connectivity index (χ0v) is 18.3. The Balaban J connectivity index is 1.27. The van der Waals surface area contributed by atoms with Gasteiger partial charge in [0.15, 0.2) is 0 Å². The molecule has 2 aromatic rings. The van der Waals surface area contributed by atoms with Gasteiger partial charge < -0.3 is 15.0 Å². The molecule has 0 radical (unpaired) electrons. The first-order chi connectivity index (χ1) is 15.0. The van der Waals surface area contributed by atoms with E-state index in [0.29, 0.717) is 36.1 Å². The van der Waals surface area contributed by atoms with Gasteiger partial charge in [0.05, 0.1) is 24.5 Å². The molecule has 0 saturated carbocycles. The van der Waals surface area contributed by atoms with E-state index in [-0.39, 0.29) is 17.9 Å². The summed E-state index contributed by atoms with van der Waals surface area (Å²) in [5.74, 6) is -1.20. The van der Waals surface area contributed by atoms with E-state index < -0.39 is 17.4 Å². The predicted molar refractivity (Wildman–Crippen MR) is 119 cm³/mol. The Morgan fingerprint density at radius 2 is 1.94 bits per heavy atom. The van der Waals surface area contributed by atoms with Gasteiger partial charge in [-0.05, 0) is 35.7 Å². The number of fused-ring (bicyclic) bond motifs is 1. The maximum Gasteiger partial charge on any atom is 0.230 e. The molecule has 2 fully saturated rings. The minimum absolute atomic E-state index is 0.0513. The molecule has 31 heavy (non-hydrogen) atoms. The van der Waals surface area contributed by atoms with Crippen LogP contribution < -0.4 is 5.32 Å². The number of hydrogen-bond donors (Lipinski definition) is 1.